The van der Waals surface area contributed by atoms with Gasteiger partial charge in [-0.25, -0.2) is 0 Å². The Balaban J connectivity index is 1.79. The molecule has 0 spiro atoms. The second-order valence-electron chi connectivity index (χ2n) is 5.91. The van der Waals surface area contributed by atoms with Crippen molar-refractivity contribution in [3.63, 3.8) is 0 Å². The second kappa shape index (κ2) is 7.65. The first-order valence-electron chi connectivity index (χ1n) is 8.60. The van der Waals surface area contributed by atoms with Crippen molar-refractivity contribution >= 4 is 33.3 Å². The molecule has 2 aromatic heterocycles. The van der Waals surface area contributed by atoms with E-state index in [1.165, 1.54) is 11.3 Å². The number of nitrogens with one attached hydrogen (secondary N) is 2. The van der Waals surface area contributed by atoms with Gasteiger partial charge >= 0.3 is 0 Å². The third kappa shape index (κ3) is 3.52. The number of amides is 1. The number of hydrogen-bond acceptors (Lipinski definition) is 7. The van der Waals surface area contributed by atoms with Crippen molar-refractivity contribution < 1.29 is 14.3 Å². The zero-order chi connectivity index (χ0) is 19.5. The molecule has 0 saturated carbocycles. The molecule has 0 bridgehead atoms. The number of aromatic nitrogens is 4. The van der Waals surface area contributed by atoms with Gasteiger partial charge in [-0.05, 0) is 47.5 Å². The third-order valence-electron chi connectivity index (χ3n) is 4.15. The SMILES string of the molecule is CCc1cccc(Oc2c(C(=O)Nc3nn[nH]n3)sc3ccc(OC)cc23)c1. The lowest BCUT2D eigenvalue weighted by atomic mass is 10.1. The van der Waals surface area contributed by atoms with Gasteiger partial charge in [-0.15, -0.1) is 16.4 Å². The van der Waals surface area contributed by atoms with Crippen LogP contribution in [0, 0.1) is 0 Å². The van der Waals surface area contributed by atoms with E-state index >= 15 is 0 Å². The number of thiophene rings is 1. The van der Waals surface area contributed by atoms with Crippen LogP contribution >= 0.6 is 11.3 Å². The van der Waals surface area contributed by atoms with E-state index in [0.29, 0.717) is 22.1 Å². The summed E-state index contributed by atoms with van der Waals surface area (Å²) < 4.78 is 12.4. The van der Waals surface area contributed by atoms with Crippen LogP contribution in [-0.2, 0) is 6.42 Å². The molecule has 4 rings (SSSR count). The monoisotopic (exact) mass is 395 g/mol. The number of ether oxygens (including phenoxy) is 2. The Hall–Kier alpha value is -3.46. The standard InChI is InChI=1S/C19H17N5O3S/c1-3-11-5-4-6-13(9-11)27-16-14-10-12(26-2)7-8-15(14)28-17(16)18(25)20-19-21-23-24-22-19/h4-10H,3H2,1-2H3,(H2,20,21,22,23,24,25). The van der Waals surface area contributed by atoms with E-state index in [-0.39, 0.29) is 11.9 Å². The quantitative estimate of drug-likeness (QED) is 0.511. The zero-order valence-electron chi connectivity index (χ0n) is 15.2. The highest BCUT2D eigenvalue weighted by atomic mass is 32.1. The normalized spacial score (nSPS) is 10.8. The maximum Gasteiger partial charge on any atom is 0.272 e. The van der Waals surface area contributed by atoms with Crippen molar-refractivity contribution in [2.45, 2.75) is 13.3 Å². The molecule has 8 nitrogen and oxygen atoms in total. The van der Waals surface area contributed by atoms with Crippen LogP contribution in [0.25, 0.3) is 10.1 Å². The minimum atomic E-state index is -0.372. The van der Waals surface area contributed by atoms with Crippen LogP contribution in [0.3, 0.4) is 0 Å². The molecule has 142 valence electrons. The van der Waals surface area contributed by atoms with Crippen LogP contribution in [0.5, 0.6) is 17.2 Å². The first-order chi connectivity index (χ1) is 13.7. The number of rotatable bonds is 6. The smallest absolute Gasteiger partial charge is 0.272 e. The molecule has 0 unspecified atom stereocenters. The topological polar surface area (TPSA) is 102 Å². The molecule has 1 amide bonds. The van der Waals surface area contributed by atoms with E-state index in [0.717, 1.165) is 22.1 Å². The predicted octanol–water partition coefficient (Wildman–Crippen LogP) is 4.03. The number of methoxy groups -OCH3 is 1. The van der Waals surface area contributed by atoms with Crippen LogP contribution in [0.2, 0.25) is 0 Å². The van der Waals surface area contributed by atoms with Gasteiger partial charge in [0.1, 0.15) is 16.4 Å². The summed E-state index contributed by atoms with van der Waals surface area (Å²) in [5.74, 6) is 1.54. The second-order valence-corrected chi connectivity index (χ2v) is 6.97. The molecule has 0 aliphatic carbocycles. The molecule has 2 N–H and O–H groups in total. The molecule has 28 heavy (non-hydrogen) atoms. The average Bonchev–Trinajstić information content (AvgIpc) is 3.36. The Labute approximate surface area is 164 Å². The van der Waals surface area contributed by atoms with Gasteiger partial charge in [0.15, 0.2) is 5.75 Å². The molecular weight excluding hydrogens is 378 g/mol. The van der Waals surface area contributed by atoms with E-state index in [9.17, 15) is 4.79 Å². The molecule has 0 aliphatic heterocycles. The Bertz CT molecular complexity index is 1120. The lowest BCUT2D eigenvalue weighted by molar-refractivity contribution is 0.102. The predicted molar refractivity (Wildman–Crippen MR) is 106 cm³/mol. The summed E-state index contributed by atoms with van der Waals surface area (Å²) in [6.45, 7) is 2.08. The van der Waals surface area contributed by atoms with Crippen molar-refractivity contribution in [2.24, 2.45) is 0 Å². The highest BCUT2D eigenvalue weighted by Crippen LogP contribution is 2.42. The fourth-order valence-corrected chi connectivity index (χ4v) is 3.76. The minimum Gasteiger partial charge on any atom is -0.497 e. The van der Waals surface area contributed by atoms with Gasteiger partial charge in [0.25, 0.3) is 11.9 Å². The summed E-state index contributed by atoms with van der Waals surface area (Å²) in [4.78, 5) is 13.2. The highest BCUT2D eigenvalue weighted by Gasteiger charge is 2.22. The van der Waals surface area contributed by atoms with E-state index in [1.807, 2.05) is 42.5 Å². The van der Waals surface area contributed by atoms with Crippen molar-refractivity contribution in [2.75, 3.05) is 12.4 Å². The van der Waals surface area contributed by atoms with Gasteiger partial charge in [-0.1, -0.05) is 24.2 Å². The van der Waals surface area contributed by atoms with Crippen molar-refractivity contribution in [3.05, 3.63) is 52.9 Å². The molecule has 9 heteroatoms. The molecule has 0 fully saturated rings. The van der Waals surface area contributed by atoms with Gasteiger partial charge in [0.05, 0.1) is 7.11 Å². The maximum atomic E-state index is 12.8. The molecule has 2 heterocycles. The van der Waals surface area contributed by atoms with Crippen LogP contribution in [-0.4, -0.2) is 33.6 Å². The fraction of sp³-hybridized carbons (Fsp3) is 0.158. The number of fused-ring (bicyclic) bond motifs is 1. The Kier molecular flexibility index (Phi) is 4.90. The highest BCUT2D eigenvalue weighted by molar-refractivity contribution is 7.21. The number of H-pyrrole nitrogens is 1. The number of anilines is 1. The van der Waals surface area contributed by atoms with Crippen LogP contribution in [0.1, 0.15) is 22.2 Å². The maximum absolute atomic E-state index is 12.8. The summed E-state index contributed by atoms with van der Waals surface area (Å²) in [6, 6.07) is 13.4. The van der Waals surface area contributed by atoms with Gasteiger partial charge < -0.3 is 9.47 Å². The summed E-state index contributed by atoms with van der Waals surface area (Å²) >= 11 is 1.32. The summed E-state index contributed by atoms with van der Waals surface area (Å²) in [6.07, 6.45) is 0.889. The number of benzene rings is 2. The number of carbonyl (C=O) groups excluding carboxylic acids is 1. The molecule has 2 aromatic carbocycles. The third-order valence-corrected chi connectivity index (χ3v) is 5.30. The number of nitrogens with zero attached hydrogens (tertiary/aromatic N) is 3. The summed E-state index contributed by atoms with van der Waals surface area (Å²) in [7, 11) is 1.60. The molecule has 0 saturated heterocycles. The lowest BCUT2D eigenvalue weighted by Crippen LogP contribution is -2.12. The van der Waals surface area contributed by atoms with E-state index in [2.05, 4.69) is 32.9 Å². The van der Waals surface area contributed by atoms with Crippen molar-refractivity contribution in [3.8, 4) is 17.2 Å². The van der Waals surface area contributed by atoms with Gasteiger partial charge in [-0.3, -0.25) is 10.1 Å². The Morgan fingerprint density at radius 2 is 2.11 bits per heavy atom. The minimum absolute atomic E-state index is 0.0963. The average molecular weight is 395 g/mol. The Morgan fingerprint density at radius 3 is 2.86 bits per heavy atom. The number of carbonyl (C=O) groups is 1. The van der Waals surface area contributed by atoms with E-state index in [4.69, 9.17) is 9.47 Å². The Morgan fingerprint density at radius 1 is 1.21 bits per heavy atom. The summed E-state index contributed by atoms with van der Waals surface area (Å²) in [5.41, 5.74) is 1.15. The largest absolute Gasteiger partial charge is 0.497 e. The summed E-state index contributed by atoms with van der Waals surface area (Å²) in [5, 5.41) is 16.7. The first-order valence-corrected chi connectivity index (χ1v) is 9.41. The van der Waals surface area contributed by atoms with E-state index in [1.54, 1.807) is 7.11 Å². The van der Waals surface area contributed by atoms with Crippen LogP contribution < -0.4 is 14.8 Å². The molecule has 0 radical (unpaired) electrons. The molecule has 0 atom stereocenters. The van der Waals surface area contributed by atoms with Gasteiger partial charge in [0, 0.05) is 10.1 Å². The lowest BCUT2D eigenvalue weighted by Gasteiger charge is -2.09. The van der Waals surface area contributed by atoms with Gasteiger partial charge in [-0.2, -0.15) is 5.21 Å². The zero-order valence-corrected chi connectivity index (χ0v) is 16.0. The van der Waals surface area contributed by atoms with Crippen molar-refractivity contribution in [1.82, 2.24) is 20.6 Å². The van der Waals surface area contributed by atoms with Crippen LogP contribution in [0.15, 0.2) is 42.5 Å². The first kappa shape index (κ1) is 17.9. The molecule has 4 aromatic rings. The molecular formula is C19H17N5O3S. The van der Waals surface area contributed by atoms with Gasteiger partial charge in [0.2, 0.25) is 0 Å². The fourth-order valence-electron chi connectivity index (χ4n) is 2.75. The number of tetrazole rings is 1. The molecule has 0 aliphatic rings. The van der Waals surface area contributed by atoms with E-state index < -0.39 is 0 Å². The number of hydrogen-bond donors (Lipinski definition) is 2. The number of aromatic amines is 1. The van der Waals surface area contributed by atoms with Crippen molar-refractivity contribution in [1.29, 1.82) is 0 Å². The van der Waals surface area contributed by atoms with Crippen LogP contribution in [0.4, 0.5) is 5.95 Å². The number of aryl methyl sites for hydroxylation is 1.